The highest BCUT2D eigenvalue weighted by Gasteiger charge is 2.37. The van der Waals surface area contributed by atoms with Crippen molar-refractivity contribution in [2.45, 2.75) is 79.0 Å². The van der Waals surface area contributed by atoms with Crippen LogP contribution >= 0.6 is 0 Å². The van der Waals surface area contributed by atoms with Crippen LogP contribution in [-0.4, -0.2) is 13.1 Å². The molecule has 1 saturated carbocycles. The summed E-state index contributed by atoms with van der Waals surface area (Å²) in [6.45, 7) is 9.07. The van der Waals surface area contributed by atoms with Crippen molar-refractivity contribution in [2.75, 3.05) is 0 Å². The molecule has 0 bridgehead atoms. The van der Waals surface area contributed by atoms with E-state index in [1.165, 1.54) is 44.7 Å². The Morgan fingerprint density at radius 3 is 2.57 bits per heavy atom. The number of hydrogen-bond acceptors (Lipinski definition) is 1. The van der Waals surface area contributed by atoms with Crippen LogP contribution in [0.25, 0.3) is 0 Å². The van der Waals surface area contributed by atoms with E-state index in [9.17, 15) is 4.79 Å². The van der Waals surface area contributed by atoms with Crippen molar-refractivity contribution in [1.29, 1.82) is 0 Å². The van der Waals surface area contributed by atoms with Crippen LogP contribution in [-0.2, 0) is 4.79 Å². The lowest BCUT2D eigenvalue weighted by molar-refractivity contribution is -0.117. The van der Waals surface area contributed by atoms with Gasteiger partial charge in [-0.3, -0.25) is 0 Å². The summed E-state index contributed by atoms with van der Waals surface area (Å²) in [5, 5.41) is 0. The summed E-state index contributed by atoms with van der Waals surface area (Å²) in [6.07, 6.45) is 14.2. The van der Waals surface area contributed by atoms with Gasteiger partial charge in [0.15, 0.2) is 7.28 Å². The molecule has 0 radical (unpaired) electrons. The first-order valence-corrected chi connectivity index (χ1v) is 11.7. The van der Waals surface area contributed by atoms with E-state index in [0.717, 1.165) is 48.9 Å². The molecule has 2 rings (SSSR count). The normalized spacial score (nSPS) is 25.9. The molecule has 0 unspecified atom stereocenters. The van der Waals surface area contributed by atoms with Crippen LogP contribution in [0.4, 0.5) is 0 Å². The van der Waals surface area contributed by atoms with E-state index in [2.05, 4.69) is 63.3 Å². The summed E-state index contributed by atoms with van der Waals surface area (Å²) in [7, 11) is 1.21. The number of ketones is 1. The van der Waals surface area contributed by atoms with Gasteiger partial charge in [-0.05, 0) is 62.7 Å². The van der Waals surface area contributed by atoms with Crippen LogP contribution in [0, 0.1) is 29.6 Å². The SMILES string of the molecule is CC(=O)CCC/C=C\C[C@@H]1[C@@H](CC[C@@H](C)CBc2ccccc2)[C@H](C)C[C@@H]1C. The third-order valence-corrected chi connectivity index (χ3v) is 6.99. The Bertz CT molecular complexity index is 594. The fourth-order valence-electron chi connectivity index (χ4n) is 5.20. The van der Waals surface area contributed by atoms with Crippen molar-refractivity contribution in [2.24, 2.45) is 29.6 Å². The zero-order chi connectivity index (χ0) is 20.4. The first-order valence-electron chi connectivity index (χ1n) is 11.7. The predicted octanol–water partition coefficient (Wildman–Crippen LogP) is 6.20. The molecule has 5 atom stereocenters. The summed E-state index contributed by atoms with van der Waals surface area (Å²) < 4.78 is 0. The Kier molecular flexibility index (Phi) is 10.1. The van der Waals surface area contributed by atoms with Gasteiger partial charge in [0.25, 0.3) is 0 Å². The molecule has 0 spiro atoms. The van der Waals surface area contributed by atoms with Crippen molar-refractivity contribution in [3.05, 3.63) is 42.5 Å². The first-order chi connectivity index (χ1) is 13.5. The number of carbonyl (C=O) groups is 1. The van der Waals surface area contributed by atoms with Gasteiger partial charge in [0.2, 0.25) is 0 Å². The summed E-state index contributed by atoms with van der Waals surface area (Å²) >= 11 is 0. The van der Waals surface area contributed by atoms with Gasteiger partial charge < -0.3 is 4.79 Å². The van der Waals surface area contributed by atoms with Gasteiger partial charge in [-0.2, -0.15) is 0 Å². The molecule has 1 fully saturated rings. The zero-order valence-corrected chi connectivity index (χ0v) is 18.7. The largest absolute Gasteiger partial charge is 0.300 e. The molecule has 0 heterocycles. The molecule has 0 N–H and O–H groups in total. The molecular formula is C26H41BO. The number of unbranched alkanes of at least 4 members (excludes halogenated alkanes) is 1. The molecule has 0 amide bonds. The number of hydrogen-bond donors (Lipinski definition) is 0. The first kappa shape index (κ1) is 23.0. The van der Waals surface area contributed by atoms with E-state index >= 15 is 0 Å². The Labute approximate surface area is 174 Å². The number of Topliss-reactive ketones (excluding diaryl/α,β-unsaturated/α-hetero) is 1. The van der Waals surface area contributed by atoms with Gasteiger partial charge in [0, 0.05) is 6.42 Å². The Balaban J connectivity index is 1.74. The van der Waals surface area contributed by atoms with Crippen molar-refractivity contribution in [3.63, 3.8) is 0 Å². The molecular weight excluding hydrogens is 339 g/mol. The maximum absolute atomic E-state index is 11.0. The minimum Gasteiger partial charge on any atom is -0.300 e. The number of allylic oxidation sites excluding steroid dienone is 2. The van der Waals surface area contributed by atoms with Crippen LogP contribution in [0.1, 0.15) is 72.6 Å². The molecule has 0 aromatic heterocycles. The Morgan fingerprint density at radius 2 is 1.86 bits per heavy atom. The molecule has 1 aliphatic rings. The topological polar surface area (TPSA) is 17.1 Å². The summed E-state index contributed by atoms with van der Waals surface area (Å²) in [5.74, 6) is 4.57. The molecule has 2 heteroatoms. The molecule has 0 saturated heterocycles. The van der Waals surface area contributed by atoms with Gasteiger partial charge in [-0.15, -0.1) is 0 Å². The Hall–Kier alpha value is -1.31. The fraction of sp³-hybridized carbons (Fsp3) is 0.654. The van der Waals surface area contributed by atoms with Crippen molar-refractivity contribution < 1.29 is 4.79 Å². The second-order valence-electron chi connectivity index (χ2n) is 9.53. The lowest BCUT2D eigenvalue weighted by Crippen LogP contribution is -2.18. The molecule has 1 aromatic rings. The molecule has 154 valence electrons. The lowest BCUT2D eigenvalue weighted by Gasteiger charge is -2.25. The molecule has 0 aliphatic heterocycles. The van der Waals surface area contributed by atoms with Crippen molar-refractivity contribution >= 4 is 18.5 Å². The second kappa shape index (κ2) is 12.3. The average Bonchev–Trinajstić information content (AvgIpc) is 2.94. The van der Waals surface area contributed by atoms with Gasteiger partial charge in [0.1, 0.15) is 5.78 Å². The number of carbonyl (C=O) groups excluding carboxylic acids is 1. The van der Waals surface area contributed by atoms with E-state index in [0.29, 0.717) is 5.78 Å². The predicted molar refractivity (Wildman–Crippen MR) is 125 cm³/mol. The van der Waals surface area contributed by atoms with Gasteiger partial charge in [-0.25, -0.2) is 0 Å². The highest BCUT2D eigenvalue weighted by molar-refractivity contribution is 6.53. The number of benzene rings is 1. The highest BCUT2D eigenvalue weighted by Crippen LogP contribution is 2.46. The zero-order valence-electron chi connectivity index (χ0n) is 18.7. The van der Waals surface area contributed by atoms with Gasteiger partial charge >= 0.3 is 0 Å². The molecule has 1 nitrogen and oxygen atoms in total. The van der Waals surface area contributed by atoms with Crippen LogP contribution in [0.15, 0.2) is 42.5 Å². The quantitative estimate of drug-likeness (QED) is 0.240. The maximum atomic E-state index is 11.0. The summed E-state index contributed by atoms with van der Waals surface area (Å²) in [6, 6.07) is 10.9. The van der Waals surface area contributed by atoms with E-state index in [-0.39, 0.29) is 0 Å². The average molecular weight is 380 g/mol. The monoisotopic (exact) mass is 380 g/mol. The Morgan fingerprint density at radius 1 is 1.14 bits per heavy atom. The van der Waals surface area contributed by atoms with Gasteiger partial charge in [-0.1, -0.05) is 87.4 Å². The van der Waals surface area contributed by atoms with Gasteiger partial charge in [0.05, 0.1) is 0 Å². The lowest BCUT2D eigenvalue weighted by atomic mass is 9.63. The van der Waals surface area contributed by atoms with Crippen LogP contribution < -0.4 is 5.46 Å². The highest BCUT2D eigenvalue weighted by atomic mass is 16.1. The molecule has 28 heavy (non-hydrogen) atoms. The maximum Gasteiger partial charge on any atom is 0.157 e. The van der Waals surface area contributed by atoms with E-state index < -0.39 is 0 Å². The number of rotatable bonds is 12. The minimum atomic E-state index is 0.313. The minimum absolute atomic E-state index is 0.313. The van der Waals surface area contributed by atoms with Crippen molar-refractivity contribution in [1.82, 2.24) is 0 Å². The molecule has 1 aliphatic carbocycles. The third kappa shape index (κ3) is 7.98. The summed E-state index contributed by atoms with van der Waals surface area (Å²) in [5.41, 5.74) is 1.48. The van der Waals surface area contributed by atoms with Crippen LogP contribution in [0.5, 0.6) is 0 Å². The van der Waals surface area contributed by atoms with E-state index in [1.54, 1.807) is 6.92 Å². The smallest absolute Gasteiger partial charge is 0.157 e. The van der Waals surface area contributed by atoms with Crippen molar-refractivity contribution in [3.8, 4) is 0 Å². The standard InChI is InChI=1S/C26H41BO/c1-20(19-27-24-13-9-7-10-14-24)16-17-26-22(3)18-21(2)25(26)15-11-6-5-8-12-23(4)28/h6-7,9-11,13-14,20-22,25-27H,5,8,12,15-19H2,1-4H3/b11-6-/t20-,21+,22-,25+,26+/m1/s1. The second-order valence-corrected chi connectivity index (χ2v) is 9.53. The fourth-order valence-corrected chi connectivity index (χ4v) is 5.20. The summed E-state index contributed by atoms with van der Waals surface area (Å²) in [4.78, 5) is 11.0. The van der Waals surface area contributed by atoms with Crippen LogP contribution in [0.2, 0.25) is 6.32 Å². The third-order valence-electron chi connectivity index (χ3n) is 6.99. The molecule has 1 aromatic carbocycles. The van der Waals surface area contributed by atoms with E-state index in [1.807, 2.05) is 0 Å². The van der Waals surface area contributed by atoms with Crippen LogP contribution in [0.3, 0.4) is 0 Å². The van der Waals surface area contributed by atoms with E-state index in [4.69, 9.17) is 0 Å².